The summed E-state index contributed by atoms with van der Waals surface area (Å²) in [4.78, 5) is 15.8. The highest BCUT2D eigenvalue weighted by atomic mass is 16.5. The molecule has 0 saturated carbocycles. The van der Waals surface area contributed by atoms with Crippen molar-refractivity contribution in [3.63, 3.8) is 0 Å². The van der Waals surface area contributed by atoms with E-state index in [1.165, 1.54) is 0 Å². The number of carbonyl (C=O) groups is 1. The minimum atomic E-state index is -0.542. The smallest absolute Gasteiger partial charge is 0.236 e. The summed E-state index contributed by atoms with van der Waals surface area (Å²) in [6, 6.07) is 0. The Morgan fingerprint density at radius 1 is 1.35 bits per heavy atom. The van der Waals surface area contributed by atoms with E-state index in [4.69, 9.17) is 4.74 Å². The van der Waals surface area contributed by atoms with Gasteiger partial charge in [-0.15, -0.1) is 0 Å². The van der Waals surface area contributed by atoms with E-state index in [-0.39, 0.29) is 5.91 Å². The van der Waals surface area contributed by atoms with Crippen molar-refractivity contribution in [2.24, 2.45) is 0 Å². The zero-order valence-corrected chi connectivity index (χ0v) is 10.5. The zero-order valence-electron chi connectivity index (χ0n) is 10.5. The molecule has 0 aliphatic carbocycles. The largest absolute Gasteiger partial charge is 0.387 e. The van der Waals surface area contributed by atoms with Gasteiger partial charge in [0.1, 0.15) is 0 Å². The SMILES string of the molecule is CCCC1(O)CN(CC(=O)N2CCOCC2)C1. The number of morpholine rings is 1. The van der Waals surface area contributed by atoms with Crippen molar-refractivity contribution in [1.82, 2.24) is 9.80 Å². The van der Waals surface area contributed by atoms with Crippen molar-refractivity contribution in [2.75, 3.05) is 45.9 Å². The van der Waals surface area contributed by atoms with E-state index in [1.54, 1.807) is 0 Å². The van der Waals surface area contributed by atoms with Crippen molar-refractivity contribution < 1.29 is 14.6 Å². The maximum Gasteiger partial charge on any atom is 0.236 e. The first kappa shape index (κ1) is 12.8. The molecule has 0 spiro atoms. The van der Waals surface area contributed by atoms with Gasteiger partial charge in [0, 0.05) is 26.2 Å². The fraction of sp³-hybridized carbons (Fsp3) is 0.917. The number of aliphatic hydroxyl groups is 1. The average Bonchev–Trinajstić information content (AvgIpc) is 2.28. The second-order valence-electron chi connectivity index (χ2n) is 5.11. The van der Waals surface area contributed by atoms with Crippen LogP contribution in [0.5, 0.6) is 0 Å². The molecule has 5 nitrogen and oxygen atoms in total. The van der Waals surface area contributed by atoms with E-state index < -0.39 is 5.60 Å². The van der Waals surface area contributed by atoms with Crippen molar-refractivity contribution in [1.29, 1.82) is 0 Å². The molecule has 0 radical (unpaired) electrons. The van der Waals surface area contributed by atoms with Gasteiger partial charge in [0.25, 0.3) is 0 Å². The van der Waals surface area contributed by atoms with Crippen LogP contribution in [-0.4, -0.2) is 72.4 Å². The first-order valence-corrected chi connectivity index (χ1v) is 6.43. The van der Waals surface area contributed by atoms with Gasteiger partial charge >= 0.3 is 0 Å². The second-order valence-corrected chi connectivity index (χ2v) is 5.11. The molecule has 2 aliphatic heterocycles. The minimum Gasteiger partial charge on any atom is -0.387 e. The van der Waals surface area contributed by atoms with Gasteiger partial charge in [-0.1, -0.05) is 13.3 Å². The molecule has 2 aliphatic rings. The molecule has 0 unspecified atom stereocenters. The highest BCUT2D eigenvalue weighted by Crippen LogP contribution is 2.25. The lowest BCUT2D eigenvalue weighted by Gasteiger charge is -2.46. The van der Waals surface area contributed by atoms with E-state index >= 15 is 0 Å². The molecule has 1 amide bonds. The number of likely N-dealkylation sites (tertiary alicyclic amines) is 1. The lowest BCUT2D eigenvalue weighted by atomic mass is 9.89. The van der Waals surface area contributed by atoms with Gasteiger partial charge in [-0.3, -0.25) is 9.69 Å². The molecule has 0 bridgehead atoms. The number of ether oxygens (including phenoxy) is 1. The fourth-order valence-electron chi connectivity index (χ4n) is 2.63. The third-order valence-corrected chi connectivity index (χ3v) is 3.47. The Labute approximate surface area is 102 Å². The summed E-state index contributed by atoms with van der Waals surface area (Å²) in [5, 5.41) is 10.0. The molecule has 2 fully saturated rings. The Bertz CT molecular complexity index is 271. The molecule has 0 aromatic heterocycles. The number of amides is 1. The Morgan fingerprint density at radius 2 is 2.00 bits per heavy atom. The predicted molar refractivity (Wildman–Crippen MR) is 63.7 cm³/mol. The van der Waals surface area contributed by atoms with Crippen LogP contribution in [0.25, 0.3) is 0 Å². The van der Waals surface area contributed by atoms with Gasteiger partial charge < -0.3 is 14.7 Å². The molecule has 0 atom stereocenters. The highest BCUT2D eigenvalue weighted by molar-refractivity contribution is 5.78. The van der Waals surface area contributed by atoms with E-state index in [1.807, 2.05) is 9.80 Å². The Kier molecular flexibility index (Phi) is 4.01. The van der Waals surface area contributed by atoms with Gasteiger partial charge in [-0.05, 0) is 6.42 Å². The molecule has 5 heteroatoms. The third-order valence-electron chi connectivity index (χ3n) is 3.47. The first-order chi connectivity index (χ1) is 8.13. The van der Waals surface area contributed by atoms with Crippen LogP contribution in [-0.2, 0) is 9.53 Å². The highest BCUT2D eigenvalue weighted by Gasteiger charge is 2.41. The van der Waals surface area contributed by atoms with Crippen molar-refractivity contribution >= 4 is 5.91 Å². The molecule has 17 heavy (non-hydrogen) atoms. The van der Waals surface area contributed by atoms with Crippen molar-refractivity contribution in [3.05, 3.63) is 0 Å². The van der Waals surface area contributed by atoms with Crippen LogP contribution >= 0.6 is 0 Å². The van der Waals surface area contributed by atoms with Crippen LogP contribution < -0.4 is 0 Å². The lowest BCUT2D eigenvalue weighted by Crippen LogP contribution is -2.63. The summed E-state index contributed by atoms with van der Waals surface area (Å²) in [6.45, 7) is 6.47. The van der Waals surface area contributed by atoms with E-state index in [0.717, 1.165) is 12.8 Å². The Hall–Kier alpha value is -0.650. The summed E-state index contributed by atoms with van der Waals surface area (Å²) in [5.41, 5.74) is -0.542. The van der Waals surface area contributed by atoms with Crippen LogP contribution in [0.4, 0.5) is 0 Å². The number of β-amino-alcohol motifs (C(OH)–C–C–N with tert-alkyl or cyclic N) is 1. The number of rotatable bonds is 4. The number of nitrogens with zero attached hydrogens (tertiary/aromatic N) is 2. The zero-order chi connectivity index (χ0) is 12.3. The molecule has 0 aromatic rings. The number of hydrogen-bond donors (Lipinski definition) is 1. The summed E-state index contributed by atoms with van der Waals surface area (Å²) in [5.74, 6) is 0.159. The van der Waals surface area contributed by atoms with Crippen LogP contribution in [0.15, 0.2) is 0 Å². The predicted octanol–water partition coefficient (Wildman–Crippen LogP) is -0.308. The van der Waals surface area contributed by atoms with Crippen molar-refractivity contribution in [3.8, 4) is 0 Å². The summed E-state index contributed by atoms with van der Waals surface area (Å²) in [7, 11) is 0. The lowest BCUT2D eigenvalue weighted by molar-refractivity contribution is -0.146. The van der Waals surface area contributed by atoms with E-state index in [0.29, 0.717) is 45.9 Å². The number of carbonyl (C=O) groups excluding carboxylic acids is 1. The van der Waals surface area contributed by atoms with E-state index in [2.05, 4.69) is 6.92 Å². The first-order valence-electron chi connectivity index (χ1n) is 6.43. The summed E-state index contributed by atoms with van der Waals surface area (Å²) < 4.78 is 5.21. The van der Waals surface area contributed by atoms with Crippen molar-refractivity contribution in [2.45, 2.75) is 25.4 Å². The monoisotopic (exact) mass is 242 g/mol. The van der Waals surface area contributed by atoms with Crippen LogP contribution in [0.2, 0.25) is 0 Å². The molecular weight excluding hydrogens is 220 g/mol. The van der Waals surface area contributed by atoms with Crippen LogP contribution in [0.3, 0.4) is 0 Å². The standard InChI is InChI=1S/C12H22N2O3/c1-2-3-12(16)9-13(10-12)8-11(15)14-4-6-17-7-5-14/h16H,2-10H2,1H3. The van der Waals surface area contributed by atoms with Gasteiger partial charge in [0.05, 0.1) is 25.4 Å². The summed E-state index contributed by atoms with van der Waals surface area (Å²) >= 11 is 0. The average molecular weight is 242 g/mol. The maximum absolute atomic E-state index is 11.9. The normalized spacial score (nSPS) is 24.5. The summed E-state index contributed by atoms with van der Waals surface area (Å²) in [6.07, 6.45) is 1.82. The molecule has 2 heterocycles. The van der Waals surface area contributed by atoms with Crippen LogP contribution in [0, 0.1) is 0 Å². The quantitative estimate of drug-likeness (QED) is 0.735. The Balaban J connectivity index is 1.70. The molecule has 2 rings (SSSR count). The molecule has 2 saturated heterocycles. The molecule has 98 valence electrons. The van der Waals surface area contributed by atoms with Gasteiger partial charge in [-0.2, -0.15) is 0 Å². The van der Waals surface area contributed by atoms with Crippen LogP contribution in [0.1, 0.15) is 19.8 Å². The van der Waals surface area contributed by atoms with Gasteiger partial charge in [0.2, 0.25) is 5.91 Å². The molecular formula is C12H22N2O3. The number of hydrogen-bond acceptors (Lipinski definition) is 4. The maximum atomic E-state index is 11.9. The topological polar surface area (TPSA) is 53.0 Å². The van der Waals surface area contributed by atoms with Gasteiger partial charge in [-0.25, -0.2) is 0 Å². The fourth-order valence-corrected chi connectivity index (χ4v) is 2.63. The minimum absolute atomic E-state index is 0.159. The van der Waals surface area contributed by atoms with Gasteiger partial charge in [0.15, 0.2) is 0 Å². The molecule has 1 N–H and O–H groups in total. The third kappa shape index (κ3) is 3.18. The second kappa shape index (κ2) is 5.33. The molecule has 0 aromatic carbocycles. The van der Waals surface area contributed by atoms with E-state index in [9.17, 15) is 9.90 Å². The Morgan fingerprint density at radius 3 is 2.59 bits per heavy atom.